The van der Waals surface area contributed by atoms with Crippen molar-refractivity contribution >= 4 is 11.7 Å². The Hall–Kier alpha value is -1.51. The van der Waals surface area contributed by atoms with Gasteiger partial charge >= 0.3 is 5.97 Å². The highest BCUT2D eigenvalue weighted by Gasteiger charge is 2.22. The van der Waals surface area contributed by atoms with Crippen molar-refractivity contribution in [2.24, 2.45) is 5.41 Å². The lowest BCUT2D eigenvalue weighted by molar-refractivity contribution is -0.154. The fraction of sp³-hybridized carbons (Fsp3) is 0.533. The van der Waals surface area contributed by atoms with Crippen molar-refractivity contribution < 1.29 is 9.53 Å². The van der Waals surface area contributed by atoms with Gasteiger partial charge in [-0.25, -0.2) is 0 Å². The van der Waals surface area contributed by atoms with Gasteiger partial charge in [-0.2, -0.15) is 0 Å². The van der Waals surface area contributed by atoms with Gasteiger partial charge in [0.2, 0.25) is 0 Å². The Morgan fingerprint density at radius 1 is 1.22 bits per heavy atom. The summed E-state index contributed by atoms with van der Waals surface area (Å²) in [6.45, 7) is 10.1. The topological polar surface area (TPSA) is 38.3 Å². The Balaban J connectivity index is 2.52. The van der Waals surface area contributed by atoms with Gasteiger partial charge < -0.3 is 10.1 Å². The first-order valence-corrected chi connectivity index (χ1v) is 6.32. The number of carbonyl (C=O) groups is 1. The summed E-state index contributed by atoms with van der Waals surface area (Å²) in [7, 11) is 0. The van der Waals surface area contributed by atoms with Crippen molar-refractivity contribution in [2.45, 2.75) is 47.3 Å². The molecule has 18 heavy (non-hydrogen) atoms. The van der Waals surface area contributed by atoms with Crippen LogP contribution >= 0.6 is 0 Å². The molecule has 0 radical (unpaired) electrons. The van der Waals surface area contributed by atoms with E-state index in [1.807, 2.05) is 45.0 Å². The highest BCUT2D eigenvalue weighted by molar-refractivity contribution is 5.75. The van der Waals surface area contributed by atoms with E-state index >= 15 is 0 Å². The SMILES string of the molecule is CC(C)Nc1ccc(COC(=O)C(C)(C)C)cc1. The number of hydrogen-bond acceptors (Lipinski definition) is 3. The molecule has 0 aliphatic rings. The molecule has 3 heteroatoms. The molecule has 0 unspecified atom stereocenters. The summed E-state index contributed by atoms with van der Waals surface area (Å²) in [6, 6.07) is 8.36. The van der Waals surface area contributed by atoms with E-state index in [2.05, 4.69) is 19.2 Å². The van der Waals surface area contributed by atoms with E-state index in [1.165, 1.54) is 0 Å². The van der Waals surface area contributed by atoms with E-state index in [0.717, 1.165) is 11.3 Å². The minimum Gasteiger partial charge on any atom is -0.460 e. The molecule has 3 nitrogen and oxygen atoms in total. The average Bonchev–Trinajstić information content (AvgIpc) is 2.25. The molecule has 0 aromatic heterocycles. The molecule has 0 aliphatic heterocycles. The number of ether oxygens (including phenoxy) is 1. The number of nitrogens with one attached hydrogen (secondary N) is 1. The third-order valence-corrected chi connectivity index (χ3v) is 2.39. The maximum atomic E-state index is 11.6. The average molecular weight is 249 g/mol. The van der Waals surface area contributed by atoms with Crippen LogP contribution in [0.4, 0.5) is 5.69 Å². The Bertz CT molecular complexity index is 388. The highest BCUT2D eigenvalue weighted by Crippen LogP contribution is 2.17. The van der Waals surface area contributed by atoms with Crippen LogP contribution in [-0.2, 0) is 16.1 Å². The molecule has 0 saturated carbocycles. The Labute approximate surface area is 110 Å². The molecule has 100 valence electrons. The van der Waals surface area contributed by atoms with Crippen molar-refractivity contribution in [1.82, 2.24) is 0 Å². The molecule has 0 spiro atoms. The summed E-state index contributed by atoms with van der Waals surface area (Å²) < 4.78 is 5.25. The summed E-state index contributed by atoms with van der Waals surface area (Å²) in [5.74, 6) is -0.174. The molecule has 1 aromatic rings. The van der Waals surface area contributed by atoms with Crippen LogP contribution < -0.4 is 5.32 Å². The van der Waals surface area contributed by atoms with E-state index < -0.39 is 5.41 Å². The van der Waals surface area contributed by atoms with Crippen molar-refractivity contribution in [3.63, 3.8) is 0 Å². The van der Waals surface area contributed by atoms with E-state index in [4.69, 9.17) is 4.74 Å². The monoisotopic (exact) mass is 249 g/mol. The maximum Gasteiger partial charge on any atom is 0.311 e. The first-order chi connectivity index (χ1) is 8.29. The smallest absolute Gasteiger partial charge is 0.311 e. The van der Waals surface area contributed by atoms with Gasteiger partial charge in [0.15, 0.2) is 0 Å². The van der Waals surface area contributed by atoms with Crippen molar-refractivity contribution in [3.8, 4) is 0 Å². The van der Waals surface area contributed by atoms with Crippen LogP contribution in [0.1, 0.15) is 40.2 Å². The van der Waals surface area contributed by atoms with Crippen LogP contribution in [0.15, 0.2) is 24.3 Å². The second-order valence-electron chi connectivity index (χ2n) is 5.82. The fourth-order valence-corrected chi connectivity index (χ4v) is 1.40. The van der Waals surface area contributed by atoms with Crippen LogP contribution in [0.3, 0.4) is 0 Å². The van der Waals surface area contributed by atoms with E-state index in [1.54, 1.807) is 0 Å². The first-order valence-electron chi connectivity index (χ1n) is 6.32. The molecular formula is C15H23NO2. The third kappa shape index (κ3) is 4.78. The van der Waals surface area contributed by atoms with Crippen molar-refractivity contribution in [3.05, 3.63) is 29.8 Å². The van der Waals surface area contributed by atoms with Crippen LogP contribution in [-0.4, -0.2) is 12.0 Å². The first kappa shape index (κ1) is 14.6. The fourth-order valence-electron chi connectivity index (χ4n) is 1.40. The standard InChI is InChI=1S/C15H23NO2/c1-11(2)16-13-8-6-12(7-9-13)10-18-14(17)15(3,4)5/h6-9,11,16H,10H2,1-5H3. The largest absolute Gasteiger partial charge is 0.460 e. The molecule has 0 aliphatic carbocycles. The lowest BCUT2D eigenvalue weighted by Crippen LogP contribution is -2.22. The number of rotatable bonds is 4. The second-order valence-corrected chi connectivity index (χ2v) is 5.82. The van der Waals surface area contributed by atoms with E-state index in [0.29, 0.717) is 12.6 Å². The second kappa shape index (κ2) is 5.89. The Morgan fingerprint density at radius 2 is 1.78 bits per heavy atom. The van der Waals surface area contributed by atoms with Gasteiger partial charge in [-0.1, -0.05) is 12.1 Å². The number of esters is 1. The molecule has 0 saturated heterocycles. The lowest BCUT2D eigenvalue weighted by Gasteiger charge is -2.16. The summed E-state index contributed by atoms with van der Waals surface area (Å²) in [6.07, 6.45) is 0. The molecule has 1 N–H and O–H groups in total. The van der Waals surface area contributed by atoms with Gasteiger partial charge in [-0.05, 0) is 52.3 Å². The highest BCUT2D eigenvalue weighted by atomic mass is 16.5. The zero-order valence-electron chi connectivity index (χ0n) is 11.9. The third-order valence-electron chi connectivity index (χ3n) is 2.39. The molecule has 0 amide bonds. The zero-order valence-corrected chi connectivity index (χ0v) is 11.9. The molecule has 0 fully saturated rings. The minimum absolute atomic E-state index is 0.174. The summed E-state index contributed by atoms with van der Waals surface area (Å²) >= 11 is 0. The van der Waals surface area contributed by atoms with Crippen LogP contribution in [0, 0.1) is 5.41 Å². The van der Waals surface area contributed by atoms with Gasteiger partial charge in [-0.15, -0.1) is 0 Å². The van der Waals surface area contributed by atoms with Crippen molar-refractivity contribution in [2.75, 3.05) is 5.32 Å². The molecule has 0 atom stereocenters. The predicted molar refractivity (Wildman–Crippen MR) is 74.5 cm³/mol. The van der Waals surface area contributed by atoms with Crippen LogP contribution in [0.5, 0.6) is 0 Å². The van der Waals surface area contributed by atoms with Gasteiger partial charge in [0.05, 0.1) is 5.41 Å². The molecule has 0 bridgehead atoms. The quantitative estimate of drug-likeness (QED) is 0.829. The summed E-state index contributed by atoms with van der Waals surface area (Å²) in [4.78, 5) is 11.6. The number of carbonyl (C=O) groups excluding carboxylic acids is 1. The normalized spacial score (nSPS) is 11.4. The van der Waals surface area contributed by atoms with Crippen LogP contribution in [0.2, 0.25) is 0 Å². The van der Waals surface area contributed by atoms with Crippen molar-refractivity contribution in [1.29, 1.82) is 0 Å². The van der Waals surface area contributed by atoms with Gasteiger partial charge in [-0.3, -0.25) is 4.79 Å². The minimum atomic E-state index is -0.445. The Morgan fingerprint density at radius 3 is 2.22 bits per heavy atom. The molecule has 1 rings (SSSR count). The predicted octanol–water partition coefficient (Wildman–Crippen LogP) is 3.60. The summed E-state index contributed by atoms with van der Waals surface area (Å²) in [5.41, 5.74) is 1.64. The molecular weight excluding hydrogens is 226 g/mol. The Kier molecular flexibility index (Phi) is 4.76. The van der Waals surface area contributed by atoms with Gasteiger partial charge in [0, 0.05) is 11.7 Å². The van der Waals surface area contributed by atoms with Crippen LogP contribution in [0.25, 0.3) is 0 Å². The summed E-state index contributed by atoms with van der Waals surface area (Å²) in [5, 5.41) is 3.31. The van der Waals surface area contributed by atoms with Gasteiger partial charge in [0.1, 0.15) is 6.61 Å². The number of hydrogen-bond donors (Lipinski definition) is 1. The van der Waals surface area contributed by atoms with E-state index in [9.17, 15) is 4.79 Å². The maximum absolute atomic E-state index is 11.6. The van der Waals surface area contributed by atoms with Gasteiger partial charge in [0.25, 0.3) is 0 Å². The number of benzene rings is 1. The molecule has 1 aromatic carbocycles. The lowest BCUT2D eigenvalue weighted by atomic mass is 9.97. The molecule has 0 heterocycles. The van der Waals surface area contributed by atoms with E-state index in [-0.39, 0.29) is 5.97 Å². The number of anilines is 1. The zero-order chi connectivity index (χ0) is 13.8.